The fraction of sp³-hybridized carbons (Fsp3) is 0.556. The lowest BCUT2D eigenvalue weighted by Crippen LogP contribution is -2.35. The van der Waals surface area contributed by atoms with Crippen molar-refractivity contribution in [1.82, 2.24) is 10.2 Å². The molecule has 1 aliphatic heterocycles. The lowest BCUT2D eigenvalue weighted by molar-refractivity contribution is 0.0914. The summed E-state index contributed by atoms with van der Waals surface area (Å²) in [4.78, 5) is 25.7. The van der Waals surface area contributed by atoms with Crippen LogP contribution < -0.4 is 5.32 Å². The smallest absolute Gasteiger partial charge is 0.410 e. The molecular formula is C18H24N2O3. The third kappa shape index (κ3) is 3.66. The topological polar surface area (TPSA) is 58.6 Å². The minimum atomic E-state index is -0.249. The number of rotatable bonds is 4. The van der Waals surface area contributed by atoms with E-state index in [0.717, 1.165) is 12.8 Å². The third-order valence-electron chi connectivity index (χ3n) is 4.39. The molecule has 1 saturated carbocycles. The number of hydrogen-bond acceptors (Lipinski definition) is 3. The number of nitrogens with one attached hydrogen (secondary N) is 1. The fourth-order valence-electron chi connectivity index (χ4n) is 2.76. The lowest BCUT2D eigenvalue weighted by atomic mass is 9.87. The normalized spacial score (nSPS) is 21.3. The van der Waals surface area contributed by atoms with Gasteiger partial charge in [-0.3, -0.25) is 4.79 Å². The van der Waals surface area contributed by atoms with Crippen LogP contribution in [0.15, 0.2) is 24.3 Å². The van der Waals surface area contributed by atoms with Crippen molar-refractivity contribution >= 4 is 12.0 Å². The molecule has 2 aliphatic rings. The van der Waals surface area contributed by atoms with Gasteiger partial charge in [-0.1, -0.05) is 32.9 Å². The van der Waals surface area contributed by atoms with Gasteiger partial charge in [0.2, 0.25) is 0 Å². The number of hydrogen-bond donors (Lipinski definition) is 1. The molecule has 1 saturated heterocycles. The Labute approximate surface area is 137 Å². The largest absolute Gasteiger partial charge is 0.442 e. The molecule has 2 amide bonds. The van der Waals surface area contributed by atoms with Crippen LogP contribution in [0.3, 0.4) is 0 Å². The summed E-state index contributed by atoms with van der Waals surface area (Å²) in [5.74, 6) is -0.133. The second kappa shape index (κ2) is 5.87. The SMILES string of the molecule is CC(C)(C)c1ccc(C(=O)NCC2CN(C3CC3)C(=O)O2)cc1. The molecule has 23 heavy (non-hydrogen) atoms. The fourth-order valence-corrected chi connectivity index (χ4v) is 2.76. The van der Waals surface area contributed by atoms with Crippen molar-refractivity contribution in [2.45, 2.75) is 51.2 Å². The first-order valence-electron chi connectivity index (χ1n) is 8.20. The number of amides is 2. The summed E-state index contributed by atoms with van der Waals surface area (Å²) in [5.41, 5.74) is 1.89. The van der Waals surface area contributed by atoms with Crippen molar-refractivity contribution in [3.63, 3.8) is 0 Å². The first kappa shape index (κ1) is 15.8. The summed E-state index contributed by atoms with van der Waals surface area (Å²) in [5, 5.41) is 2.86. The first-order chi connectivity index (χ1) is 10.8. The molecule has 5 heteroatoms. The summed E-state index contributed by atoms with van der Waals surface area (Å²) >= 11 is 0. The van der Waals surface area contributed by atoms with Gasteiger partial charge < -0.3 is 15.0 Å². The number of benzene rings is 1. The van der Waals surface area contributed by atoms with E-state index in [-0.39, 0.29) is 23.5 Å². The van der Waals surface area contributed by atoms with E-state index in [4.69, 9.17) is 4.74 Å². The highest BCUT2D eigenvalue weighted by Crippen LogP contribution is 2.30. The van der Waals surface area contributed by atoms with Crippen LogP contribution in [0.4, 0.5) is 4.79 Å². The van der Waals surface area contributed by atoms with Gasteiger partial charge in [0.15, 0.2) is 0 Å². The van der Waals surface area contributed by atoms with Gasteiger partial charge in [-0.2, -0.15) is 0 Å². The molecule has 0 aromatic heterocycles. The molecule has 3 rings (SSSR count). The predicted octanol–water partition coefficient (Wildman–Crippen LogP) is 2.70. The maximum Gasteiger partial charge on any atom is 0.410 e. The molecule has 1 aromatic carbocycles. The van der Waals surface area contributed by atoms with Crippen molar-refractivity contribution in [3.05, 3.63) is 35.4 Å². The van der Waals surface area contributed by atoms with E-state index in [1.807, 2.05) is 24.3 Å². The van der Waals surface area contributed by atoms with Crippen molar-refractivity contribution in [3.8, 4) is 0 Å². The Bertz CT molecular complexity index is 600. The van der Waals surface area contributed by atoms with Crippen molar-refractivity contribution in [1.29, 1.82) is 0 Å². The van der Waals surface area contributed by atoms with Crippen LogP contribution in [0, 0.1) is 0 Å². The standard InChI is InChI=1S/C18H24N2O3/c1-18(2,3)13-6-4-12(5-7-13)16(21)19-10-15-11-20(14-8-9-14)17(22)23-15/h4-7,14-15H,8-11H2,1-3H3,(H,19,21). The highest BCUT2D eigenvalue weighted by Gasteiger charge is 2.40. The van der Waals surface area contributed by atoms with Crippen molar-refractivity contribution < 1.29 is 14.3 Å². The van der Waals surface area contributed by atoms with Crippen molar-refractivity contribution in [2.75, 3.05) is 13.1 Å². The van der Waals surface area contributed by atoms with Gasteiger partial charge in [0.05, 0.1) is 13.1 Å². The number of nitrogens with zero attached hydrogens (tertiary/aromatic N) is 1. The molecule has 0 spiro atoms. The van der Waals surface area contributed by atoms with Crippen LogP contribution in [0.5, 0.6) is 0 Å². The zero-order chi connectivity index (χ0) is 16.6. The van der Waals surface area contributed by atoms with Gasteiger partial charge in [-0.25, -0.2) is 4.79 Å². The molecular weight excluding hydrogens is 292 g/mol. The third-order valence-corrected chi connectivity index (χ3v) is 4.39. The van der Waals surface area contributed by atoms with E-state index in [9.17, 15) is 9.59 Å². The van der Waals surface area contributed by atoms with E-state index in [2.05, 4.69) is 26.1 Å². The zero-order valence-corrected chi connectivity index (χ0v) is 14.0. The summed E-state index contributed by atoms with van der Waals surface area (Å²) in [6.45, 7) is 7.36. The summed E-state index contributed by atoms with van der Waals surface area (Å²) in [6.07, 6.45) is 1.63. The minimum absolute atomic E-state index is 0.0688. The lowest BCUT2D eigenvalue weighted by Gasteiger charge is -2.19. The second-order valence-electron chi connectivity index (χ2n) is 7.43. The number of ether oxygens (including phenoxy) is 1. The monoisotopic (exact) mass is 316 g/mol. The van der Waals surface area contributed by atoms with Gasteiger partial charge in [0.1, 0.15) is 6.10 Å². The maximum absolute atomic E-state index is 12.2. The Balaban J connectivity index is 1.52. The maximum atomic E-state index is 12.2. The van der Waals surface area contributed by atoms with Gasteiger partial charge in [-0.05, 0) is 36.0 Å². The quantitative estimate of drug-likeness (QED) is 0.929. The Morgan fingerprint density at radius 2 is 1.91 bits per heavy atom. The average molecular weight is 316 g/mol. The minimum Gasteiger partial charge on any atom is -0.442 e. The number of carbonyl (C=O) groups is 2. The first-order valence-corrected chi connectivity index (χ1v) is 8.20. The van der Waals surface area contributed by atoms with Crippen LogP contribution in [-0.2, 0) is 10.2 Å². The summed E-state index contributed by atoms with van der Waals surface area (Å²) in [7, 11) is 0. The number of cyclic esters (lactones) is 1. The van der Waals surface area contributed by atoms with Crippen LogP contribution in [-0.4, -0.2) is 42.1 Å². The molecule has 1 aromatic rings. The van der Waals surface area contributed by atoms with Crippen LogP contribution in [0.2, 0.25) is 0 Å². The van der Waals surface area contributed by atoms with Crippen LogP contribution in [0.25, 0.3) is 0 Å². The summed E-state index contributed by atoms with van der Waals surface area (Å²) in [6, 6.07) is 8.01. The highest BCUT2D eigenvalue weighted by molar-refractivity contribution is 5.94. The number of carbonyl (C=O) groups excluding carboxylic acids is 2. The molecule has 1 aliphatic carbocycles. The van der Waals surface area contributed by atoms with E-state index >= 15 is 0 Å². The molecule has 1 N–H and O–H groups in total. The molecule has 5 nitrogen and oxygen atoms in total. The van der Waals surface area contributed by atoms with E-state index in [1.54, 1.807) is 4.90 Å². The zero-order valence-electron chi connectivity index (χ0n) is 14.0. The molecule has 124 valence electrons. The van der Waals surface area contributed by atoms with Gasteiger partial charge >= 0.3 is 6.09 Å². The van der Waals surface area contributed by atoms with Crippen LogP contribution in [0.1, 0.15) is 49.5 Å². The average Bonchev–Trinajstić information content (AvgIpc) is 3.27. The molecule has 1 heterocycles. The molecule has 2 fully saturated rings. The Kier molecular flexibility index (Phi) is 4.04. The Morgan fingerprint density at radius 1 is 1.26 bits per heavy atom. The van der Waals surface area contributed by atoms with Gasteiger partial charge in [0, 0.05) is 11.6 Å². The highest BCUT2D eigenvalue weighted by atomic mass is 16.6. The Morgan fingerprint density at radius 3 is 2.48 bits per heavy atom. The van der Waals surface area contributed by atoms with E-state index in [0.29, 0.717) is 24.7 Å². The summed E-state index contributed by atoms with van der Waals surface area (Å²) < 4.78 is 5.30. The second-order valence-corrected chi connectivity index (χ2v) is 7.43. The van der Waals surface area contributed by atoms with Crippen molar-refractivity contribution in [2.24, 2.45) is 0 Å². The predicted molar refractivity (Wildman–Crippen MR) is 87.5 cm³/mol. The van der Waals surface area contributed by atoms with E-state index < -0.39 is 0 Å². The molecule has 1 atom stereocenters. The van der Waals surface area contributed by atoms with Gasteiger partial charge in [0.25, 0.3) is 5.91 Å². The van der Waals surface area contributed by atoms with Gasteiger partial charge in [-0.15, -0.1) is 0 Å². The molecule has 0 bridgehead atoms. The molecule has 0 radical (unpaired) electrons. The van der Waals surface area contributed by atoms with Crippen LogP contribution >= 0.6 is 0 Å². The molecule has 1 unspecified atom stereocenters. The Hall–Kier alpha value is -2.04. The van der Waals surface area contributed by atoms with E-state index in [1.165, 1.54) is 5.56 Å².